The Morgan fingerprint density at radius 1 is 1.33 bits per heavy atom. The molecule has 0 aliphatic rings. The second kappa shape index (κ2) is 7.97. The van der Waals surface area contributed by atoms with Crippen LogP contribution >= 0.6 is 0 Å². The van der Waals surface area contributed by atoms with E-state index in [0.717, 1.165) is 17.0 Å². The Bertz CT molecular complexity index is 682. The number of aliphatic hydroxyl groups is 1. The number of aliphatic hydroxyl groups excluding tert-OH is 1. The van der Waals surface area contributed by atoms with Crippen LogP contribution in [-0.2, 0) is 18.3 Å². The van der Waals surface area contributed by atoms with Crippen molar-refractivity contribution in [1.29, 1.82) is 0 Å². The van der Waals surface area contributed by atoms with E-state index in [1.54, 1.807) is 11.6 Å². The van der Waals surface area contributed by atoms with Crippen LogP contribution in [-0.4, -0.2) is 39.5 Å². The van der Waals surface area contributed by atoms with Crippen molar-refractivity contribution in [1.82, 2.24) is 15.1 Å². The molecule has 2 aromatic rings. The molecular weight excluding hydrogens is 306 g/mol. The quantitative estimate of drug-likeness (QED) is 0.807. The van der Waals surface area contributed by atoms with Gasteiger partial charge in [0.25, 0.3) is 5.91 Å². The summed E-state index contributed by atoms with van der Waals surface area (Å²) < 4.78 is 7.29. The number of carbonyl (C=O) groups is 1. The summed E-state index contributed by atoms with van der Waals surface area (Å²) in [5.74, 6) is 0.363. The zero-order valence-electron chi connectivity index (χ0n) is 14.6. The van der Waals surface area contributed by atoms with Gasteiger partial charge in [-0.25, -0.2) is 0 Å². The van der Waals surface area contributed by atoms with Gasteiger partial charge in [-0.05, 0) is 26.3 Å². The number of nitrogens with zero attached hydrogens (tertiary/aromatic N) is 2. The van der Waals surface area contributed by atoms with Gasteiger partial charge in [-0.1, -0.05) is 30.3 Å². The van der Waals surface area contributed by atoms with Gasteiger partial charge >= 0.3 is 0 Å². The first-order valence-electron chi connectivity index (χ1n) is 8.02. The smallest absolute Gasteiger partial charge is 0.258 e. The van der Waals surface area contributed by atoms with Gasteiger partial charge in [0.05, 0.1) is 17.8 Å². The number of aryl methyl sites for hydroxylation is 2. The molecule has 2 N–H and O–H groups in total. The van der Waals surface area contributed by atoms with Crippen molar-refractivity contribution in [3.8, 4) is 5.75 Å². The fourth-order valence-electron chi connectivity index (χ4n) is 2.52. The Kier molecular flexibility index (Phi) is 5.98. The Labute approximate surface area is 142 Å². The van der Waals surface area contributed by atoms with Crippen LogP contribution in [0.25, 0.3) is 0 Å². The Morgan fingerprint density at radius 3 is 2.58 bits per heavy atom. The lowest BCUT2D eigenvalue weighted by atomic mass is 10.0. The van der Waals surface area contributed by atoms with Gasteiger partial charge in [0.2, 0.25) is 0 Å². The maximum Gasteiger partial charge on any atom is 0.258 e. The van der Waals surface area contributed by atoms with Crippen LogP contribution in [0.5, 0.6) is 5.75 Å². The topological polar surface area (TPSA) is 76.4 Å². The summed E-state index contributed by atoms with van der Waals surface area (Å²) in [5, 5.41) is 17.2. The summed E-state index contributed by atoms with van der Waals surface area (Å²) in [5.41, 5.74) is 2.65. The summed E-state index contributed by atoms with van der Waals surface area (Å²) in [6.45, 7) is 5.41. The molecule has 0 aliphatic heterocycles. The highest BCUT2D eigenvalue weighted by atomic mass is 16.5. The fourth-order valence-corrected chi connectivity index (χ4v) is 2.52. The van der Waals surface area contributed by atoms with Crippen molar-refractivity contribution in [3.05, 3.63) is 47.3 Å². The molecule has 2 atom stereocenters. The van der Waals surface area contributed by atoms with Crippen LogP contribution in [0.3, 0.4) is 0 Å². The molecule has 1 aromatic heterocycles. The van der Waals surface area contributed by atoms with Crippen molar-refractivity contribution in [2.45, 2.75) is 39.3 Å². The van der Waals surface area contributed by atoms with Gasteiger partial charge in [0.15, 0.2) is 12.4 Å². The van der Waals surface area contributed by atoms with Crippen LogP contribution in [0.1, 0.15) is 23.9 Å². The molecule has 1 heterocycles. The first-order chi connectivity index (χ1) is 11.4. The molecule has 6 nitrogen and oxygen atoms in total. The minimum absolute atomic E-state index is 0.101. The van der Waals surface area contributed by atoms with Crippen LogP contribution < -0.4 is 10.1 Å². The van der Waals surface area contributed by atoms with E-state index in [9.17, 15) is 9.90 Å². The van der Waals surface area contributed by atoms with E-state index in [2.05, 4.69) is 10.4 Å². The van der Waals surface area contributed by atoms with E-state index in [-0.39, 0.29) is 18.6 Å². The number of aromatic nitrogens is 2. The van der Waals surface area contributed by atoms with Crippen molar-refractivity contribution in [2.24, 2.45) is 7.05 Å². The zero-order chi connectivity index (χ0) is 17.7. The Morgan fingerprint density at radius 2 is 2.00 bits per heavy atom. The van der Waals surface area contributed by atoms with Crippen molar-refractivity contribution in [3.63, 3.8) is 0 Å². The third-order valence-corrected chi connectivity index (χ3v) is 4.04. The highest BCUT2D eigenvalue weighted by molar-refractivity contribution is 5.77. The monoisotopic (exact) mass is 331 g/mol. The number of benzene rings is 1. The van der Waals surface area contributed by atoms with E-state index < -0.39 is 6.10 Å². The summed E-state index contributed by atoms with van der Waals surface area (Å²) in [6, 6.07) is 9.33. The second-order valence-corrected chi connectivity index (χ2v) is 6.03. The molecule has 24 heavy (non-hydrogen) atoms. The molecule has 130 valence electrons. The molecule has 2 rings (SSSR count). The van der Waals surface area contributed by atoms with E-state index in [4.69, 9.17) is 4.74 Å². The highest BCUT2D eigenvalue weighted by Gasteiger charge is 2.18. The molecule has 0 saturated heterocycles. The molecular formula is C18H25N3O3. The lowest BCUT2D eigenvalue weighted by molar-refractivity contribution is -0.124. The first kappa shape index (κ1) is 18.0. The van der Waals surface area contributed by atoms with Crippen LogP contribution in [0.2, 0.25) is 0 Å². The number of hydrogen-bond donors (Lipinski definition) is 2. The number of carbonyl (C=O) groups excluding carboxylic acids is 1. The Balaban J connectivity index is 1.83. The molecule has 0 radical (unpaired) electrons. The molecule has 0 saturated carbocycles. The third-order valence-electron chi connectivity index (χ3n) is 4.04. The average molecular weight is 331 g/mol. The average Bonchev–Trinajstić information content (AvgIpc) is 2.79. The van der Waals surface area contributed by atoms with Crippen LogP contribution in [0, 0.1) is 13.8 Å². The van der Waals surface area contributed by atoms with Gasteiger partial charge in [0.1, 0.15) is 5.69 Å². The van der Waals surface area contributed by atoms with Gasteiger partial charge < -0.3 is 15.2 Å². The van der Waals surface area contributed by atoms with Gasteiger partial charge in [-0.2, -0.15) is 5.10 Å². The second-order valence-electron chi connectivity index (χ2n) is 6.03. The van der Waals surface area contributed by atoms with E-state index in [1.165, 1.54) is 0 Å². The maximum absolute atomic E-state index is 12.0. The van der Waals surface area contributed by atoms with E-state index in [1.807, 2.05) is 51.2 Å². The van der Waals surface area contributed by atoms with Crippen molar-refractivity contribution < 1.29 is 14.6 Å². The predicted octanol–water partition coefficient (Wildman–Crippen LogP) is 1.52. The minimum atomic E-state index is -0.654. The Hall–Kier alpha value is -2.34. The number of nitrogens with one attached hydrogen (secondary N) is 1. The maximum atomic E-state index is 12.0. The SMILES string of the molecule is Cc1nn(C)c(C)c1OCC(=O)NC(C)C(O)Cc1ccccc1. The molecule has 1 aromatic carbocycles. The van der Waals surface area contributed by atoms with Crippen LogP contribution in [0.4, 0.5) is 0 Å². The standard InChI is InChI=1S/C18H25N3O3/c1-12(16(22)10-15-8-6-5-7-9-15)19-17(23)11-24-18-13(2)20-21(4)14(18)3/h5-9,12,16,22H,10-11H2,1-4H3,(H,19,23). The van der Waals surface area contributed by atoms with Gasteiger partial charge in [-0.15, -0.1) is 0 Å². The summed E-state index contributed by atoms with van der Waals surface area (Å²) in [6.07, 6.45) is -0.164. The van der Waals surface area contributed by atoms with E-state index >= 15 is 0 Å². The lowest BCUT2D eigenvalue weighted by Crippen LogP contribution is -2.44. The summed E-state index contributed by atoms with van der Waals surface area (Å²) >= 11 is 0. The fraction of sp³-hybridized carbons (Fsp3) is 0.444. The van der Waals surface area contributed by atoms with Crippen LogP contribution in [0.15, 0.2) is 30.3 Å². The predicted molar refractivity (Wildman–Crippen MR) is 91.9 cm³/mol. The molecule has 0 aliphatic carbocycles. The van der Waals surface area contributed by atoms with Gasteiger partial charge in [0, 0.05) is 13.5 Å². The number of rotatable bonds is 7. The minimum Gasteiger partial charge on any atom is -0.480 e. The number of hydrogen-bond acceptors (Lipinski definition) is 4. The zero-order valence-corrected chi connectivity index (χ0v) is 14.6. The largest absolute Gasteiger partial charge is 0.480 e. The molecule has 1 amide bonds. The molecule has 2 unspecified atom stereocenters. The normalized spacial score (nSPS) is 13.4. The molecule has 0 spiro atoms. The number of amides is 1. The molecule has 0 bridgehead atoms. The molecule has 0 fully saturated rings. The van der Waals surface area contributed by atoms with Gasteiger partial charge in [-0.3, -0.25) is 9.48 Å². The van der Waals surface area contributed by atoms with Crippen molar-refractivity contribution >= 4 is 5.91 Å². The third kappa shape index (κ3) is 4.58. The summed E-state index contributed by atoms with van der Waals surface area (Å²) in [7, 11) is 1.83. The number of ether oxygens (including phenoxy) is 1. The lowest BCUT2D eigenvalue weighted by Gasteiger charge is -2.20. The van der Waals surface area contributed by atoms with E-state index in [0.29, 0.717) is 12.2 Å². The first-order valence-corrected chi connectivity index (χ1v) is 8.02. The molecule has 6 heteroatoms. The van der Waals surface area contributed by atoms with Crippen molar-refractivity contribution in [2.75, 3.05) is 6.61 Å². The summed E-state index contributed by atoms with van der Waals surface area (Å²) in [4.78, 5) is 12.0. The highest BCUT2D eigenvalue weighted by Crippen LogP contribution is 2.21.